The third-order valence-corrected chi connectivity index (χ3v) is 2.52. The van der Waals surface area contributed by atoms with Gasteiger partial charge in [0.05, 0.1) is 5.56 Å². The Morgan fingerprint density at radius 2 is 2.36 bits per heavy atom. The fraction of sp³-hybridized carbons (Fsp3) is 0.333. The highest BCUT2D eigenvalue weighted by molar-refractivity contribution is 7.99. The van der Waals surface area contributed by atoms with Crippen LogP contribution in [0.4, 0.5) is 0 Å². The molecule has 0 aliphatic carbocycles. The van der Waals surface area contributed by atoms with E-state index in [1.54, 1.807) is 30.1 Å². The topological polar surface area (TPSA) is 71.5 Å². The van der Waals surface area contributed by atoms with Gasteiger partial charge in [-0.25, -0.2) is 4.98 Å². The smallest absolute Gasteiger partial charge is 0.172 e. The Balaban J connectivity index is 3.03. The number of nitrogens with two attached hydrogens (primary N) is 1. The number of nitrogens with zero attached hydrogens (tertiary/aromatic N) is 2. The number of aromatic nitrogens is 1. The van der Waals surface area contributed by atoms with Gasteiger partial charge in [0.2, 0.25) is 0 Å². The van der Waals surface area contributed by atoms with Gasteiger partial charge in [-0.05, 0) is 12.1 Å². The monoisotopic (exact) mass is 211 g/mol. The number of thioether (sulfide) groups is 1. The van der Waals surface area contributed by atoms with Crippen molar-refractivity contribution in [1.29, 1.82) is 0 Å². The standard InChI is InChI=1S/C9H13N3OS/c1-6(2)14-9-7(8(10)12-13)4-3-5-11-9/h3-6,13H,1-2H3,(H2,10,12). The lowest BCUT2D eigenvalue weighted by Crippen LogP contribution is -2.15. The van der Waals surface area contributed by atoms with Crippen LogP contribution in [0.25, 0.3) is 0 Å². The number of hydrogen-bond donors (Lipinski definition) is 2. The summed E-state index contributed by atoms with van der Waals surface area (Å²) in [6.45, 7) is 4.13. The van der Waals surface area contributed by atoms with Crippen molar-refractivity contribution in [3.63, 3.8) is 0 Å². The first-order chi connectivity index (χ1) is 6.65. The normalized spacial score (nSPS) is 12.1. The van der Waals surface area contributed by atoms with Gasteiger partial charge in [0.1, 0.15) is 5.03 Å². The predicted octanol–water partition coefficient (Wildman–Crippen LogP) is 1.68. The highest BCUT2D eigenvalue weighted by Gasteiger charge is 2.09. The molecule has 0 spiro atoms. The second-order valence-corrected chi connectivity index (χ2v) is 4.57. The summed E-state index contributed by atoms with van der Waals surface area (Å²) in [5.74, 6) is 0.0984. The van der Waals surface area contributed by atoms with Crippen LogP contribution < -0.4 is 5.73 Å². The summed E-state index contributed by atoms with van der Waals surface area (Å²) >= 11 is 1.59. The zero-order valence-electron chi connectivity index (χ0n) is 8.14. The molecule has 4 nitrogen and oxygen atoms in total. The van der Waals surface area contributed by atoms with E-state index in [9.17, 15) is 0 Å². The summed E-state index contributed by atoms with van der Waals surface area (Å²) in [6.07, 6.45) is 1.69. The minimum atomic E-state index is 0.0984. The molecule has 0 amide bonds. The molecule has 0 atom stereocenters. The molecule has 0 aromatic carbocycles. The molecular weight excluding hydrogens is 198 g/mol. The summed E-state index contributed by atoms with van der Waals surface area (Å²) in [4.78, 5) is 4.18. The van der Waals surface area contributed by atoms with E-state index in [0.717, 1.165) is 5.03 Å². The summed E-state index contributed by atoms with van der Waals surface area (Å²) < 4.78 is 0. The lowest BCUT2D eigenvalue weighted by molar-refractivity contribution is 0.318. The molecule has 1 aromatic rings. The molecule has 1 heterocycles. The minimum absolute atomic E-state index is 0.0984. The maximum absolute atomic E-state index is 8.57. The van der Waals surface area contributed by atoms with E-state index in [4.69, 9.17) is 10.9 Å². The lowest BCUT2D eigenvalue weighted by Gasteiger charge is -2.08. The molecule has 0 saturated heterocycles. The van der Waals surface area contributed by atoms with E-state index in [1.807, 2.05) is 0 Å². The minimum Gasteiger partial charge on any atom is -0.409 e. The van der Waals surface area contributed by atoms with Crippen molar-refractivity contribution < 1.29 is 5.21 Å². The van der Waals surface area contributed by atoms with Crippen molar-refractivity contribution in [2.45, 2.75) is 24.1 Å². The van der Waals surface area contributed by atoms with Crippen LogP contribution in [-0.2, 0) is 0 Å². The SMILES string of the molecule is CC(C)Sc1ncccc1/C(N)=N/O. The first-order valence-electron chi connectivity index (χ1n) is 4.24. The van der Waals surface area contributed by atoms with Crippen LogP contribution in [0.1, 0.15) is 19.4 Å². The number of amidine groups is 1. The quantitative estimate of drug-likeness (QED) is 0.262. The average molecular weight is 211 g/mol. The molecule has 0 aliphatic heterocycles. The molecule has 0 aliphatic rings. The number of rotatable bonds is 3. The van der Waals surface area contributed by atoms with Crippen LogP contribution in [0.5, 0.6) is 0 Å². The summed E-state index contributed by atoms with van der Waals surface area (Å²) in [6, 6.07) is 3.55. The third-order valence-electron chi connectivity index (χ3n) is 1.50. The van der Waals surface area contributed by atoms with Crippen LogP contribution in [0.15, 0.2) is 28.5 Å². The number of pyridine rings is 1. The molecule has 5 heteroatoms. The Labute approximate surface area is 87.2 Å². The van der Waals surface area contributed by atoms with Gasteiger partial charge in [-0.1, -0.05) is 19.0 Å². The van der Waals surface area contributed by atoms with Crippen molar-refractivity contribution in [3.8, 4) is 0 Å². The molecule has 0 fully saturated rings. The van der Waals surface area contributed by atoms with Gasteiger partial charge in [-0.3, -0.25) is 0 Å². The molecule has 1 rings (SSSR count). The fourth-order valence-electron chi connectivity index (χ4n) is 0.957. The molecule has 76 valence electrons. The maximum Gasteiger partial charge on any atom is 0.172 e. The maximum atomic E-state index is 8.57. The predicted molar refractivity (Wildman–Crippen MR) is 57.7 cm³/mol. The van der Waals surface area contributed by atoms with Crippen molar-refractivity contribution in [2.75, 3.05) is 0 Å². The van der Waals surface area contributed by atoms with Gasteiger partial charge < -0.3 is 10.9 Å². The van der Waals surface area contributed by atoms with E-state index in [-0.39, 0.29) is 5.84 Å². The van der Waals surface area contributed by atoms with Crippen LogP contribution in [0.3, 0.4) is 0 Å². The largest absolute Gasteiger partial charge is 0.409 e. The zero-order chi connectivity index (χ0) is 10.6. The summed E-state index contributed by atoms with van der Waals surface area (Å²) in [5.41, 5.74) is 6.19. The highest BCUT2D eigenvalue weighted by Crippen LogP contribution is 2.23. The average Bonchev–Trinajstić information content (AvgIpc) is 2.16. The van der Waals surface area contributed by atoms with Crippen molar-refractivity contribution in [1.82, 2.24) is 4.98 Å². The van der Waals surface area contributed by atoms with Gasteiger partial charge in [-0.15, -0.1) is 11.8 Å². The van der Waals surface area contributed by atoms with E-state index < -0.39 is 0 Å². The number of oxime groups is 1. The second kappa shape index (κ2) is 4.85. The highest BCUT2D eigenvalue weighted by atomic mass is 32.2. The van der Waals surface area contributed by atoms with Crippen LogP contribution in [-0.4, -0.2) is 21.3 Å². The van der Waals surface area contributed by atoms with Crippen LogP contribution >= 0.6 is 11.8 Å². The van der Waals surface area contributed by atoms with Crippen molar-refractivity contribution >= 4 is 17.6 Å². The Hall–Kier alpha value is -1.23. The summed E-state index contributed by atoms with van der Waals surface area (Å²) in [7, 11) is 0. The van der Waals surface area contributed by atoms with Crippen LogP contribution in [0.2, 0.25) is 0 Å². The molecule has 1 aromatic heterocycles. The van der Waals surface area contributed by atoms with Gasteiger partial charge in [0.25, 0.3) is 0 Å². The van der Waals surface area contributed by atoms with Gasteiger partial charge >= 0.3 is 0 Å². The number of hydrogen-bond acceptors (Lipinski definition) is 4. The molecule has 0 unspecified atom stereocenters. The Bertz CT molecular complexity index is 339. The van der Waals surface area contributed by atoms with E-state index in [1.165, 1.54) is 0 Å². The van der Waals surface area contributed by atoms with Gasteiger partial charge in [0.15, 0.2) is 5.84 Å². The lowest BCUT2D eigenvalue weighted by atomic mass is 10.3. The van der Waals surface area contributed by atoms with Gasteiger partial charge in [0, 0.05) is 11.4 Å². The van der Waals surface area contributed by atoms with E-state index >= 15 is 0 Å². The summed E-state index contributed by atoms with van der Waals surface area (Å²) in [5, 5.41) is 12.7. The zero-order valence-corrected chi connectivity index (χ0v) is 8.95. The Morgan fingerprint density at radius 3 is 2.93 bits per heavy atom. The van der Waals surface area contributed by atoms with Crippen molar-refractivity contribution in [3.05, 3.63) is 23.9 Å². The Morgan fingerprint density at radius 1 is 1.64 bits per heavy atom. The first kappa shape index (κ1) is 10.8. The van der Waals surface area contributed by atoms with Gasteiger partial charge in [-0.2, -0.15) is 0 Å². The van der Waals surface area contributed by atoms with E-state index in [0.29, 0.717) is 10.8 Å². The fourth-order valence-corrected chi connectivity index (χ4v) is 1.82. The molecule has 0 saturated carbocycles. The van der Waals surface area contributed by atoms with Crippen LogP contribution in [0, 0.1) is 0 Å². The molecule has 3 N–H and O–H groups in total. The third kappa shape index (κ3) is 2.63. The molecular formula is C9H13N3OS. The first-order valence-corrected chi connectivity index (χ1v) is 5.12. The second-order valence-electron chi connectivity index (χ2n) is 3.01. The molecule has 0 radical (unpaired) electrons. The molecule has 14 heavy (non-hydrogen) atoms. The van der Waals surface area contributed by atoms with Crippen molar-refractivity contribution in [2.24, 2.45) is 10.9 Å². The molecule has 0 bridgehead atoms. The van der Waals surface area contributed by atoms with E-state index in [2.05, 4.69) is 24.0 Å². The Kier molecular flexibility index (Phi) is 3.76.